The van der Waals surface area contributed by atoms with Crippen molar-refractivity contribution in [3.8, 4) is 0 Å². The molecule has 3 rings (SSSR count). The third kappa shape index (κ3) is 4.35. The first-order chi connectivity index (χ1) is 12.6. The Morgan fingerprint density at radius 2 is 1.73 bits per heavy atom. The van der Waals surface area contributed by atoms with Crippen LogP contribution in [0.5, 0.6) is 0 Å². The Bertz CT molecular complexity index is 814. The highest BCUT2D eigenvalue weighted by molar-refractivity contribution is 6.30. The molecular weight excluding hydrogens is 356 g/mol. The minimum atomic E-state index is -0.466. The van der Waals surface area contributed by atoms with E-state index in [9.17, 15) is 9.59 Å². The Balaban J connectivity index is 1.66. The van der Waals surface area contributed by atoms with Crippen molar-refractivity contribution in [2.45, 2.75) is 13.5 Å². The first-order valence-electron chi connectivity index (χ1n) is 8.56. The van der Waals surface area contributed by atoms with E-state index in [1.54, 1.807) is 13.0 Å². The smallest absolute Gasteiger partial charge is 0.327 e. The first-order valence-corrected chi connectivity index (χ1v) is 8.94. The summed E-state index contributed by atoms with van der Waals surface area (Å²) in [6, 6.07) is 10.9. The maximum Gasteiger partial charge on any atom is 0.327 e. The highest BCUT2D eigenvalue weighted by atomic mass is 35.5. The van der Waals surface area contributed by atoms with Gasteiger partial charge in [0.1, 0.15) is 12.4 Å². The highest BCUT2D eigenvalue weighted by Crippen LogP contribution is 2.20. The quantitative estimate of drug-likeness (QED) is 0.741. The summed E-state index contributed by atoms with van der Waals surface area (Å²) < 4.78 is 6.04. The number of aromatic nitrogens is 2. The van der Waals surface area contributed by atoms with Gasteiger partial charge in [0.25, 0.3) is 5.56 Å². The topological polar surface area (TPSA) is 67.7 Å². The van der Waals surface area contributed by atoms with E-state index in [1.807, 2.05) is 24.3 Å². The van der Waals surface area contributed by atoms with Gasteiger partial charge in [0.05, 0.1) is 6.61 Å². The molecule has 0 aliphatic carbocycles. The number of ether oxygens (including phenoxy) is 1. The summed E-state index contributed by atoms with van der Waals surface area (Å²) in [6.07, 6.45) is 0. The zero-order chi connectivity index (χ0) is 18.5. The van der Waals surface area contributed by atoms with Crippen molar-refractivity contribution in [2.24, 2.45) is 0 Å². The van der Waals surface area contributed by atoms with Gasteiger partial charge >= 0.3 is 5.97 Å². The van der Waals surface area contributed by atoms with Crippen LogP contribution in [-0.2, 0) is 16.1 Å². The van der Waals surface area contributed by atoms with Gasteiger partial charge in [-0.1, -0.05) is 11.6 Å². The minimum absolute atomic E-state index is 0.175. The van der Waals surface area contributed by atoms with Crippen LogP contribution in [0.3, 0.4) is 0 Å². The fourth-order valence-electron chi connectivity index (χ4n) is 2.89. The summed E-state index contributed by atoms with van der Waals surface area (Å²) in [5, 5.41) is 5.04. The molecule has 2 heterocycles. The predicted octanol–water partition coefficient (Wildman–Crippen LogP) is 1.79. The lowest BCUT2D eigenvalue weighted by molar-refractivity contribution is -0.144. The molecule has 7 nitrogen and oxygen atoms in total. The summed E-state index contributed by atoms with van der Waals surface area (Å²) in [5.41, 5.74) is 0.816. The number of benzene rings is 1. The number of anilines is 2. The molecule has 1 aromatic carbocycles. The molecule has 1 fully saturated rings. The van der Waals surface area contributed by atoms with E-state index in [4.69, 9.17) is 16.3 Å². The predicted molar refractivity (Wildman–Crippen MR) is 101 cm³/mol. The van der Waals surface area contributed by atoms with E-state index < -0.39 is 5.97 Å². The molecule has 1 aliphatic heterocycles. The fraction of sp³-hybridized carbons (Fsp3) is 0.389. The van der Waals surface area contributed by atoms with E-state index in [2.05, 4.69) is 14.9 Å². The average molecular weight is 377 g/mol. The van der Waals surface area contributed by atoms with Crippen molar-refractivity contribution in [2.75, 3.05) is 42.6 Å². The maximum atomic E-state index is 11.9. The molecule has 1 aliphatic rings. The van der Waals surface area contributed by atoms with Gasteiger partial charge in [-0.05, 0) is 37.3 Å². The molecule has 0 N–H and O–H groups in total. The normalized spacial score (nSPS) is 14.4. The fourth-order valence-corrected chi connectivity index (χ4v) is 3.02. The van der Waals surface area contributed by atoms with Crippen LogP contribution in [0.2, 0.25) is 5.02 Å². The van der Waals surface area contributed by atoms with Crippen LogP contribution in [0.4, 0.5) is 11.5 Å². The van der Waals surface area contributed by atoms with Crippen molar-refractivity contribution in [3.63, 3.8) is 0 Å². The molecule has 0 spiro atoms. The number of hydrogen-bond donors (Lipinski definition) is 0. The lowest BCUT2D eigenvalue weighted by Crippen LogP contribution is -2.47. The molecule has 1 aromatic heterocycles. The van der Waals surface area contributed by atoms with E-state index in [-0.39, 0.29) is 18.7 Å². The monoisotopic (exact) mass is 376 g/mol. The zero-order valence-corrected chi connectivity index (χ0v) is 15.4. The van der Waals surface area contributed by atoms with E-state index >= 15 is 0 Å². The van der Waals surface area contributed by atoms with Crippen molar-refractivity contribution in [3.05, 3.63) is 51.8 Å². The summed E-state index contributed by atoms with van der Waals surface area (Å²) in [5.74, 6) is 0.219. The van der Waals surface area contributed by atoms with Crippen LogP contribution in [0.1, 0.15) is 6.92 Å². The van der Waals surface area contributed by atoms with E-state index in [0.29, 0.717) is 5.82 Å². The Morgan fingerprint density at radius 3 is 2.38 bits per heavy atom. The molecule has 0 atom stereocenters. The van der Waals surface area contributed by atoms with Gasteiger partial charge in [-0.2, -0.15) is 5.10 Å². The number of esters is 1. The Morgan fingerprint density at radius 1 is 1.08 bits per heavy atom. The largest absolute Gasteiger partial charge is 0.465 e. The number of rotatable bonds is 5. The highest BCUT2D eigenvalue weighted by Gasteiger charge is 2.19. The second-order valence-corrected chi connectivity index (χ2v) is 6.38. The Labute approximate surface area is 156 Å². The summed E-state index contributed by atoms with van der Waals surface area (Å²) >= 11 is 5.94. The average Bonchev–Trinajstić information content (AvgIpc) is 2.65. The van der Waals surface area contributed by atoms with Gasteiger partial charge < -0.3 is 14.5 Å². The molecule has 8 heteroatoms. The van der Waals surface area contributed by atoms with Crippen LogP contribution in [0, 0.1) is 0 Å². The number of carbonyl (C=O) groups excluding carboxylic acids is 1. The van der Waals surface area contributed by atoms with Crippen LogP contribution in [-0.4, -0.2) is 48.5 Å². The molecule has 2 aromatic rings. The van der Waals surface area contributed by atoms with Crippen LogP contribution in [0.15, 0.2) is 41.2 Å². The lowest BCUT2D eigenvalue weighted by atomic mass is 10.2. The van der Waals surface area contributed by atoms with Crippen molar-refractivity contribution >= 4 is 29.1 Å². The van der Waals surface area contributed by atoms with Crippen LogP contribution in [0.25, 0.3) is 0 Å². The second-order valence-electron chi connectivity index (χ2n) is 5.94. The molecule has 0 radical (unpaired) electrons. The molecule has 0 unspecified atom stereocenters. The zero-order valence-electron chi connectivity index (χ0n) is 14.6. The standard InChI is InChI=1S/C18H21ClN4O3/c1-2-26-18(25)13-23-17(24)8-7-16(20-23)22-11-9-21(10-12-22)15-5-3-14(19)4-6-15/h3-8H,2,9-13H2,1H3. The molecule has 1 saturated heterocycles. The molecule has 0 bridgehead atoms. The van der Waals surface area contributed by atoms with Gasteiger partial charge in [-0.15, -0.1) is 0 Å². The maximum absolute atomic E-state index is 11.9. The van der Waals surface area contributed by atoms with E-state index in [0.717, 1.165) is 41.6 Å². The molecule has 26 heavy (non-hydrogen) atoms. The van der Waals surface area contributed by atoms with Crippen molar-refractivity contribution < 1.29 is 9.53 Å². The molecular formula is C18H21ClN4O3. The molecule has 138 valence electrons. The van der Waals surface area contributed by atoms with Crippen molar-refractivity contribution in [1.82, 2.24) is 9.78 Å². The van der Waals surface area contributed by atoms with Gasteiger partial charge in [0.15, 0.2) is 0 Å². The van der Waals surface area contributed by atoms with Gasteiger partial charge in [-0.25, -0.2) is 4.68 Å². The molecule has 0 saturated carbocycles. The third-order valence-electron chi connectivity index (χ3n) is 4.23. The third-order valence-corrected chi connectivity index (χ3v) is 4.48. The lowest BCUT2D eigenvalue weighted by Gasteiger charge is -2.36. The second kappa shape index (κ2) is 8.23. The summed E-state index contributed by atoms with van der Waals surface area (Å²) in [6.45, 7) is 5.04. The number of nitrogens with zero attached hydrogens (tertiary/aromatic N) is 4. The van der Waals surface area contributed by atoms with Gasteiger partial charge in [-0.3, -0.25) is 9.59 Å². The number of halogens is 1. The first kappa shape index (κ1) is 18.3. The van der Waals surface area contributed by atoms with Gasteiger partial charge in [0, 0.05) is 43.0 Å². The summed E-state index contributed by atoms with van der Waals surface area (Å²) in [4.78, 5) is 27.9. The van der Waals surface area contributed by atoms with Gasteiger partial charge in [0.2, 0.25) is 0 Å². The SMILES string of the molecule is CCOC(=O)Cn1nc(N2CCN(c3ccc(Cl)cc3)CC2)ccc1=O. The number of piperazine rings is 1. The Kier molecular flexibility index (Phi) is 5.78. The van der Waals surface area contributed by atoms with Crippen LogP contribution < -0.4 is 15.4 Å². The van der Waals surface area contributed by atoms with Crippen LogP contribution >= 0.6 is 11.6 Å². The minimum Gasteiger partial charge on any atom is -0.465 e. The Hall–Kier alpha value is -2.54. The number of carbonyl (C=O) groups is 1. The van der Waals surface area contributed by atoms with E-state index in [1.165, 1.54) is 6.07 Å². The molecule has 0 amide bonds. The summed E-state index contributed by atoms with van der Waals surface area (Å²) in [7, 11) is 0. The number of hydrogen-bond acceptors (Lipinski definition) is 6. The van der Waals surface area contributed by atoms with Crippen molar-refractivity contribution in [1.29, 1.82) is 0 Å².